The number of carbonyl (C=O) groups excluding carboxylic acids is 1. The molecule has 1 aliphatic carbocycles. The molecular weight excluding hydrogens is 480 g/mol. The topological polar surface area (TPSA) is 88.5 Å². The van der Waals surface area contributed by atoms with Gasteiger partial charge in [-0.2, -0.15) is 0 Å². The van der Waals surface area contributed by atoms with Crippen LogP contribution in [-0.2, 0) is 19.0 Å². The summed E-state index contributed by atoms with van der Waals surface area (Å²) in [4.78, 5) is 12.7. The summed E-state index contributed by atoms with van der Waals surface area (Å²) in [6.45, 7) is 11.0. The van der Waals surface area contributed by atoms with Crippen molar-refractivity contribution < 1.29 is 29.2 Å². The molecule has 9 atom stereocenters. The van der Waals surface area contributed by atoms with Gasteiger partial charge in [-0.1, -0.05) is 69.7 Å². The number of fused-ring (bicyclic) bond motifs is 3. The second-order valence-electron chi connectivity index (χ2n) is 12.9. The Hall–Kier alpha value is -1.73. The SMILES string of the molecule is C=C1C[C@H](C)C[C@@H]2CC=C[C@@H](C/C=C\C(=O)OC([C@@H](O)/C=C/C3CCCC(C)(C)C3)C[C@@H]3O[C@H]3[C@@H](O)C1)O2. The standard InChI is InChI=1S/C32H48O6/c1-21-16-22(2)18-27(34)31-29(38-31)19-28(26(33)14-13-23-8-7-15-32(3,4)20-23)37-30(35)12-6-10-24-9-5-11-25(17-21)36-24/h5-6,9,12-14,21,23-29,31,33-34H,2,7-8,10-11,15-20H2,1,3-4H3/b12-6-,14-13+/t21-,23?,24-,25-,26-,27-,28?,29-,31-/m0/s1. The summed E-state index contributed by atoms with van der Waals surface area (Å²) >= 11 is 0. The second kappa shape index (κ2) is 13.1. The Kier molecular flexibility index (Phi) is 10.1. The smallest absolute Gasteiger partial charge is 0.330 e. The summed E-state index contributed by atoms with van der Waals surface area (Å²) in [6, 6.07) is 0. The summed E-state index contributed by atoms with van der Waals surface area (Å²) in [5.41, 5.74) is 1.31. The third-order valence-electron chi connectivity index (χ3n) is 8.48. The molecular formula is C32H48O6. The molecule has 2 unspecified atom stereocenters. The van der Waals surface area contributed by atoms with Crippen molar-refractivity contribution in [3.05, 3.63) is 48.6 Å². The van der Waals surface area contributed by atoms with Crippen molar-refractivity contribution in [3.8, 4) is 0 Å². The molecule has 0 amide bonds. The zero-order valence-corrected chi connectivity index (χ0v) is 23.5. The first-order chi connectivity index (χ1) is 18.1. The second-order valence-corrected chi connectivity index (χ2v) is 12.9. The lowest BCUT2D eigenvalue weighted by molar-refractivity contribution is -0.148. The predicted molar refractivity (Wildman–Crippen MR) is 148 cm³/mol. The van der Waals surface area contributed by atoms with Crippen LogP contribution >= 0.6 is 0 Å². The van der Waals surface area contributed by atoms with Gasteiger partial charge in [0, 0.05) is 12.5 Å². The van der Waals surface area contributed by atoms with Crippen LogP contribution in [0.15, 0.2) is 48.6 Å². The summed E-state index contributed by atoms with van der Waals surface area (Å²) in [7, 11) is 0. The third-order valence-corrected chi connectivity index (χ3v) is 8.48. The predicted octanol–water partition coefficient (Wildman–Crippen LogP) is 5.59. The fourth-order valence-corrected chi connectivity index (χ4v) is 6.51. The van der Waals surface area contributed by atoms with Gasteiger partial charge in [0.1, 0.15) is 18.3 Å². The number of ether oxygens (including phenoxy) is 3. The minimum Gasteiger partial charge on any atom is -0.456 e. The number of allylic oxidation sites excluding steroid dienone is 1. The molecule has 0 radical (unpaired) electrons. The van der Waals surface area contributed by atoms with Crippen molar-refractivity contribution in [1.29, 1.82) is 0 Å². The van der Waals surface area contributed by atoms with Crippen LogP contribution < -0.4 is 0 Å². The average Bonchev–Trinajstić information content (AvgIpc) is 3.60. The molecule has 38 heavy (non-hydrogen) atoms. The van der Waals surface area contributed by atoms with Gasteiger partial charge in [0.05, 0.1) is 24.4 Å². The van der Waals surface area contributed by atoms with Gasteiger partial charge < -0.3 is 24.4 Å². The molecule has 1 saturated carbocycles. The van der Waals surface area contributed by atoms with E-state index in [1.807, 2.05) is 0 Å². The highest BCUT2D eigenvalue weighted by molar-refractivity contribution is 5.82. The van der Waals surface area contributed by atoms with Crippen LogP contribution in [0.2, 0.25) is 0 Å². The summed E-state index contributed by atoms with van der Waals surface area (Å²) in [6.07, 6.45) is 17.1. The molecule has 2 bridgehead atoms. The number of rotatable bonds is 3. The Morgan fingerprint density at radius 3 is 2.76 bits per heavy atom. The number of carbonyl (C=O) groups is 1. The Bertz CT molecular complexity index is 904. The van der Waals surface area contributed by atoms with Crippen LogP contribution in [-0.4, -0.2) is 58.9 Å². The highest BCUT2D eigenvalue weighted by atomic mass is 16.6. The van der Waals surface area contributed by atoms with E-state index in [9.17, 15) is 15.0 Å². The van der Waals surface area contributed by atoms with E-state index in [-0.39, 0.29) is 24.4 Å². The molecule has 4 rings (SSSR count). The maximum atomic E-state index is 12.7. The quantitative estimate of drug-likeness (QED) is 0.282. The van der Waals surface area contributed by atoms with Crippen molar-refractivity contribution in [3.63, 3.8) is 0 Å². The maximum Gasteiger partial charge on any atom is 0.330 e. The number of esters is 1. The lowest BCUT2D eigenvalue weighted by Gasteiger charge is -2.34. The lowest BCUT2D eigenvalue weighted by Crippen LogP contribution is -2.32. The molecule has 6 nitrogen and oxygen atoms in total. The molecule has 0 aromatic heterocycles. The summed E-state index contributed by atoms with van der Waals surface area (Å²) in [5, 5.41) is 21.8. The van der Waals surface area contributed by atoms with Crippen LogP contribution in [0.1, 0.15) is 85.0 Å². The van der Waals surface area contributed by atoms with Crippen molar-refractivity contribution in [1.82, 2.24) is 0 Å². The van der Waals surface area contributed by atoms with E-state index >= 15 is 0 Å². The number of aliphatic hydroxyl groups is 2. The van der Waals surface area contributed by atoms with E-state index in [2.05, 4.69) is 45.6 Å². The van der Waals surface area contributed by atoms with E-state index in [0.29, 0.717) is 36.5 Å². The molecule has 1 saturated heterocycles. The molecule has 212 valence electrons. The van der Waals surface area contributed by atoms with Crippen LogP contribution in [0.4, 0.5) is 0 Å². The fourth-order valence-electron chi connectivity index (χ4n) is 6.51. The van der Waals surface area contributed by atoms with E-state index in [1.165, 1.54) is 18.9 Å². The Balaban J connectivity index is 1.44. The van der Waals surface area contributed by atoms with Crippen LogP contribution in [0.5, 0.6) is 0 Å². The molecule has 2 N–H and O–H groups in total. The van der Waals surface area contributed by atoms with Gasteiger partial charge in [-0.25, -0.2) is 4.79 Å². The van der Waals surface area contributed by atoms with Gasteiger partial charge in [-0.05, 0) is 68.6 Å². The maximum absolute atomic E-state index is 12.7. The molecule has 2 fully saturated rings. The molecule has 4 aliphatic rings. The van der Waals surface area contributed by atoms with Crippen molar-refractivity contribution in [2.24, 2.45) is 17.3 Å². The monoisotopic (exact) mass is 528 g/mol. The average molecular weight is 529 g/mol. The van der Waals surface area contributed by atoms with Crippen LogP contribution in [0.25, 0.3) is 0 Å². The van der Waals surface area contributed by atoms with Crippen LogP contribution in [0, 0.1) is 17.3 Å². The van der Waals surface area contributed by atoms with Gasteiger partial charge in [-0.15, -0.1) is 0 Å². The van der Waals surface area contributed by atoms with E-state index in [4.69, 9.17) is 14.2 Å². The van der Waals surface area contributed by atoms with Crippen LogP contribution in [0.3, 0.4) is 0 Å². The highest BCUT2D eigenvalue weighted by Gasteiger charge is 2.46. The highest BCUT2D eigenvalue weighted by Crippen LogP contribution is 2.39. The van der Waals surface area contributed by atoms with Gasteiger partial charge in [0.15, 0.2) is 0 Å². The molecule has 0 spiro atoms. The molecule has 0 aromatic carbocycles. The largest absolute Gasteiger partial charge is 0.456 e. The Labute approximate surface area is 228 Å². The zero-order valence-electron chi connectivity index (χ0n) is 23.5. The molecule has 6 heteroatoms. The number of aliphatic hydroxyl groups excluding tert-OH is 2. The van der Waals surface area contributed by atoms with Crippen molar-refractivity contribution in [2.45, 2.75) is 128 Å². The number of hydrogen-bond donors (Lipinski definition) is 2. The molecule has 0 aromatic rings. The molecule has 3 aliphatic heterocycles. The van der Waals surface area contributed by atoms with Crippen molar-refractivity contribution >= 4 is 5.97 Å². The summed E-state index contributed by atoms with van der Waals surface area (Å²) < 4.78 is 17.8. The molecule has 3 heterocycles. The number of hydrogen-bond acceptors (Lipinski definition) is 6. The van der Waals surface area contributed by atoms with E-state index < -0.39 is 24.3 Å². The first-order valence-corrected chi connectivity index (χ1v) is 14.6. The van der Waals surface area contributed by atoms with Crippen molar-refractivity contribution in [2.75, 3.05) is 0 Å². The first kappa shape index (κ1) is 29.3. The number of epoxide rings is 1. The number of cyclic esters (lactones) is 1. The normalized spacial score (nSPS) is 40.4. The minimum absolute atomic E-state index is 0.0707. The lowest BCUT2D eigenvalue weighted by atomic mass is 9.72. The third kappa shape index (κ3) is 8.90. The van der Waals surface area contributed by atoms with E-state index in [1.54, 1.807) is 12.2 Å². The fraction of sp³-hybridized carbons (Fsp3) is 0.719. The van der Waals surface area contributed by atoms with Gasteiger partial charge in [-0.3, -0.25) is 0 Å². The Morgan fingerprint density at radius 1 is 1.16 bits per heavy atom. The summed E-state index contributed by atoms with van der Waals surface area (Å²) in [5.74, 6) is 0.322. The van der Waals surface area contributed by atoms with Gasteiger partial charge >= 0.3 is 5.97 Å². The van der Waals surface area contributed by atoms with Gasteiger partial charge in [0.25, 0.3) is 0 Å². The first-order valence-electron chi connectivity index (χ1n) is 14.6. The minimum atomic E-state index is -0.939. The van der Waals surface area contributed by atoms with Gasteiger partial charge in [0.2, 0.25) is 0 Å². The Morgan fingerprint density at radius 2 is 1.97 bits per heavy atom. The zero-order chi connectivity index (χ0) is 27.3. The van der Waals surface area contributed by atoms with E-state index in [0.717, 1.165) is 37.7 Å².